The number of anilines is 3. The summed E-state index contributed by atoms with van der Waals surface area (Å²) in [5.74, 6) is 0. The maximum absolute atomic E-state index is 11.2. The number of rotatable bonds is 2. The molecular weight excluding hydrogens is 240 g/mol. The van der Waals surface area contributed by atoms with Gasteiger partial charge in [-0.1, -0.05) is 6.07 Å². The fourth-order valence-electron chi connectivity index (χ4n) is 2.04. The second kappa shape index (κ2) is 4.20. The highest BCUT2D eigenvalue weighted by Gasteiger charge is 2.03. The van der Waals surface area contributed by atoms with Crippen LogP contribution in [-0.2, 0) is 0 Å². The van der Waals surface area contributed by atoms with E-state index in [2.05, 4.69) is 15.3 Å². The lowest BCUT2D eigenvalue weighted by Crippen LogP contribution is -1.99. The predicted molar refractivity (Wildman–Crippen MR) is 77.8 cm³/mol. The summed E-state index contributed by atoms with van der Waals surface area (Å²) in [6, 6.07) is 11.4. The molecule has 0 spiro atoms. The fourth-order valence-corrected chi connectivity index (χ4v) is 2.04. The Hall–Kier alpha value is -2.69. The maximum Gasteiger partial charge on any atom is 0.323 e. The van der Waals surface area contributed by atoms with Gasteiger partial charge in [0.15, 0.2) is 0 Å². The van der Waals surface area contributed by atoms with Gasteiger partial charge >= 0.3 is 5.69 Å². The van der Waals surface area contributed by atoms with Gasteiger partial charge in [0.1, 0.15) is 0 Å². The van der Waals surface area contributed by atoms with Gasteiger partial charge in [0.05, 0.1) is 22.4 Å². The van der Waals surface area contributed by atoms with Gasteiger partial charge in [-0.3, -0.25) is 0 Å². The molecule has 96 valence electrons. The van der Waals surface area contributed by atoms with Gasteiger partial charge in [-0.05, 0) is 42.8 Å². The van der Waals surface area contributed by atoms with E-state index in [9.17, 15) is 4.79 Å². The summed E-state index contributed by atoms with van der Waals surface area (Å²) in [5, 5.41) is 3.25. The van der Waals surface area contributed by atoms with E-state index in [1.54, 1.807) is 0 Å². The SMILES string of the molecule is Cc1ccc(N)c(Nc2ccc3[nH]c(=O)[nH]c3c2)c1. The number of nitrogens with one attached hydrogen (secondary N) is 3. The number of imidazole rings is 1. The molecule has 3 aromatic rings. The van der Waals surface area contributed by atoms with Crippen molar-refractivity contribution in [3.05, 3.63) is 52.4 Å². The van der Waals surface area contributed by atoms with Gasteiger partial charge in [-0.25, -0.2) is 4.79 Å². The third-order valence-corrected chi connectivity index (χ3v) is 3.00. The quantitative estimate of drug-likeness (QED) is 0.530. The van der Waals surface area contributed by atoms with Crippen molar-refractivity contribution < 1.29 is 0 Å². The molecule has 0 aliphatic rings. The molecule has 0 saturated carbocycles. The van der Waals surface area contributed by atoms with E-state index in [0.29, 0.717) is 5.69 Å². The summed E-state index contributed by atoms with van der Waals surface area (Å²) in [5.41, 5.74) is 10.8. The summed E-state index contributed by atoms with van der Waals surface area (Å²) < 4.78 is 0. The smallest absolute Gasteiger partial charge is 0.323 e. The second-order valence-corrected chi connectivity index (χ2v) is 4.56. The van der Waals surface area contributed by atoms with Gasteiger partial charge in [0.25, 0.3) is 0 Å². The summed E-state index contributed by atoms with van der Waals surface area (Å²) in [7, 11) is 0. The Morgan fingerprint density at radius 1 is 1.05 bits per heavy atom. The number of hydrogen-bond acceptors (Lipinski definition) is 3. The van der Waals surface area contributed by atoms with Crippen molar-refractivity contribution in [1.82, 2.24) is 9.97 Å². The number of hydrogen-bond donors (Lipinski definition) is 4. The molecule has 0 amide bonds. The fraction of sp³-hybridized carbons (Fsp3) is 0.0714. The highest BCUT2D eigenvalue weighted by Crippen LogP contribution is 2.25. The Morgan fingerprint density at radius 3 is 2.68 bits per heavy atom. The minimum Gasteiger partial charge on any atom is -0.397 e. The Morgan fingerprint density at radius 2 is 1.84 bits per heavy atom. The van der Waals surface area contributed by atoms with Crippen molar-refractivity contribution in [2.24, 2.45) is 0 Å². The van der Waals surface area contributed by atoms with E-state index < -0.39 is 0 Å². The topological polar surface area (TPSA) is 86.7 Å². The van der Waals surface area contributed by atoms with Crippen molar-refractivity contribution >= 4 is 28.1 Å². The van der Waals surface area contributed by atoms with Gasteiger partial charge in [-0.2, -0.15) is 0 Å². The van der Waals surface area contributed by atoms with E-state index in [-0.39, 0.29) is 5.69 Å². The third kappa shape index (κ3) is 2.18. The predicted octanol–water partition coefficient (Wildman–Crippen LogP) is 2.49. The molecule has 0 radical (unpaired) electrons. The van der Waals surface area contributed by atoms with E-state index >= 15 is 0 Å². The van der Waals surface area contributed by atoms with Gasteiger partial charge in [-0.15, -0.1) is 0 Å². The summed E-state index contributed by atoms with van der Waals surface area (Å²) in [6.45, 7) is 2.01. The van der Waals surface area contributed by atoms with Crippen molar-refractivity contribution in [1.29, 1.82) is 0 Å². The lowest BCUT2D eigenvalue weighted by molar-refractivity contribution is 1.22. The molecule has 0 atom stereocenters. The van der Waals surface area contributed by atoms with Crippen LogP contribution in [0.5, 0.6) is 0 Å². The number of aromatic nitrogens is 2. The number of nitrogens with two attached hydrogens (primary N) is 1. The molecule has 0 aliphatic carbocycles. The standard InChI is InChI=1S/C14H14N4O/c1-8-2-4-10(15)12(6-8)16-9-3-5-11-13(7-9)18-14(19)17-11/h2-7,16H,15H2,1H3,(H2,17,18,19). The Kier molecular flexibility index (Phi) is 2.52. The third-order valence-electron chi connectivity index (χ3n) is 3.00. The lowest BCUT2D eigenvalue weighted by Gasteiger charge is -2.10. The van der Waals surface area contributed by atoms with Crippen LogP contribution in [0, 0.1) is 6.92 Å². The van der Waals surface area contributed by atoms with Crippen LogP contribution in [0.2, 0.25) is 0 Å². The van der Waals surface area contributed by atoms with Crippen LogP contribution in [0.15, 0.2) is 41.2 Å². The number of fused-ring (bicyclic) bond motifs is 1. The van der Waals surface area contributed by atoms with Crippen LogP contribution in [0.25, 0.3) is 11.0 Å². The monoisotopic (exact) mass is 254 g/mol. The molecule has 5 N–H and O–H groups in total. The van der Waals surface area contributed by atoms with Gasteiger partial charge in [0, 0.05) is 5.69 Å². The molecule has 5 nitrogen and oxygen atoms in total. The molecule has 3 rings (SSSR count). The molecule has 5 heteroatoms. The highest BCUT2D eigenvalue weighted by molar-refractivity contribution is 5.82. The normalized spacial score (nSPS) is 10.8. The summed E-state index contributed by atoms with van der Waals surface area (Å²) in [4.78, 5) is 16.6. The Bertz CT molecular complexity index is 801. The van der Waals surface area contributed by atoms with Crippen LogP contribution >= 0.6 is 0 Å². The molecule has 2 aromatic carbocycles. The lowest BCUT2D eigenvalue weighted by atomic mass is 10.2. The Labute approximate surface area is 109 Å². The molecule has 0 unspecified atom stereocenters. The zero-order chi connectivity index (χ0) is 13.4. The average molecular weight is 254 g/mol. The number of benzene rings is 2. The van der Waals surface area contributed by atoms with E-state index in [4.69, 9.17) is 5.73 Å². The molecule has 1 aromatic heterocycles. The molecule has 0 saturated heterocycles. The van der Waals surface area contributed by atoms with Crippen LogP contribution in [0.3, 0.4) is 0 Å². The highest BCUT2D eigenvalue weighted by atomic mass is 16.1. The van der Waals surface area contributed by atoms with Crippen molar-refractivity contribution in [2.45, 2.75) is 6.92 Å². The maximum atomic E-state index is 11.2. The van der Waals surface area contributed by atoms with Crippen LogP contribution in [0.1, 0.15) is 5.56 Å². The van der Waals surface area contributed by atoms with Crippen molar-refractivity contribution in [3.8, 4) is 0 Å². The first-order valence-corrected chi connectivity index (χ1v) is 5.97. The first kappa shape index (κ1) is 11.4. The Balaban J connectivity index is 2.00. The summed E-state index contributed by atoms with van der Waals surface area (Å²) in [6.07, 6.45) is 0. The number of H-pyrrole nitrogens is 2. The second-order valence-electron chi connectivity index (χ2n) is 4.56. The van der Waals surface area contributed by atoms with Crippen molar-refractivity contribution in [2.75, 3.05) is 11.1 Å². The van der Waals surface area contributed by atoms with Crippen LogP contribution < -0.4 is 16.7 Å². The number of aryl methyl sites for hydroxylation is 1. The first-order valence-electron chi connectivity index (χ1n) is 5.97. The number of nitrogen functional groups attached to an aromatic ring is 1. The van der Waals surface area contributed by atoms with Crippen molar-refractivity contribution in [3.63, 3.8) is 0 Å². The average Bonchev–Trinajstić information content (AvgIpc) is 2.73. The molecule has 0 aliphatic heterocycles. The summed E-state index contributed by atoms with van der Waals surface area (Å²) >= 11 is 0. The first-order chi connectivity index (χ1) is 9.11. The van der Waals surface area contributed by atoms with Crippen LogP contribution in [-0.4, -0.2) is 9.97 Å². The number of aromatic amines is 2. The largest absolute Gasteiger partial charge is 0.397 e. The molecular formula is C14H14N4O. The zero-order valence-electron chi connectivity index (χ0n) is 10.4. The zero-order valence-corrected chi connectivity index (χ0v) is 10.4. The molecule has 1 heterocycles. The van der Waals surface area contributed by atoms with E-state index in [0.717, 1.165) is 28.0 Å². The molecule has 0 fully saturated rings. The van der Waals surface area contributed by atoms with E-state index in [1.807, 2.05) is 43.3 Å². The molecule has 0 bridgehead atoms. The van der Waals surface area contributed by atoms with Crippen LogP contribution in [0.4, 0.5) is 17.1 Å². The molecule has 19 heavy (non-hydrogen) atoms. The minimum atomic E-state index is -0.206. The van der Waals surface area contributed by atoms with Gasteiger partial charge < -0.3 is 21.0 Å². The van der Waals surface area contributed by atoms with Gasteiger partial charge in [0.2, 0.25) is 0 Å². The minimum absolute atomic E-state index is 0.206. The van der Waals surface area contributed by atoms with E-state index in [1.165, 1.54) is 0 Å².